The Bertz CT molecular complexity index is 1150. The molecule has 0 bridgehead atoms. The van der Waals surface area contributed by atoms with Crippen LogP contribution in [0, 0.1) is 12.8 Å². The molecule has 1 amide bonds. The van der Waals surface area contributed by atoms with Gasteiger partial charge in [0.15, 0.2) is 10.7 Å². The van der Waals surface area contributed by atoms with E-state index in [0.29, 0.717) is 25.1 Å². The van der Waals surface area contributed by atoms with Gasteiger partial charge in [-0.25, -0.2) is 8.42 Å². The first-order chi connectivity index (χ1) is 17.4. The summed E-state index contributed by atoms with van der Waals surface area (Å²) in [6.07, 6.45) is 4.34. The standard InChI is InChI=1S/C25H34N4O6S/c1-19-24(23(35-27-19)8-5-20-3-6-22(33-2)7-4-20)36(31,32)29-12-9-21(10-13-29)25(30)26-11-14-28-15-17-34-18-16-28/h3-8,21H,9-18H2,1-2H3,(H,26,30). The molecule has 36 heavy (non-hydrogen) atoms. The van der Waals surface area contributed by atoms with Crippen LogP contribution < -0.4 is 10.1 Å². The number of carbonyl (C=O) groups excluding carboxylic acids is 1. The first-order valence-electron chi connectivity index (χ1n) is 12.2. The van der Waals surface area contributed by atoms with Gasteiger partial charge in [0.05, 0.1) is 20.3 Å². The third kappa shape index (κ3) is 6.33. The molecule has 0 atom stereocenters. The molecule has 3 heterocycles. The second-order valence-corrected chi connectivity index (χ2v) is 10.9. The van der Waals surface area contributed by atoms with E-state index in [2.05, 4.69) is 15.4 Å². The molecular weight excluding hydrogens is 484 g/mol. The summed E-state index contributed by atoms with van der Waals surface area (Å²) in [5.41, 5.74) is 1.18. The maximum absolute atomic E-state index is 13.5. The number of ether oxygens (including phenoxy) is 2. The highest BCUT2D eigenvalue weighted by Crippen LogP contribution is 2.29. The van der Waals surface area contributed by atoms with Crippen molar-refractivity contribution in [1.82, 2.24) is 19.7 Å². The van der Waals surface area contributed by atoms with E-state index in [-0.39, 0.29) is 35.6 Å². The Balaban J connectivity index is 1.34. The number of rotatable bonds is 9. The highest BCUT2D eigenvalue weighted by atomic mass is 32.2. The van der Waals surface area contributed by atoms with Crippen LogP contribution in [0.4, 0.5) is 0 Å². The zero-order valence-electron chi connectivity index (χ0n) is 20.8. The highest BCUT2D eigenvalue weighted by Gasteiger charge is 2.35. The lowest BCUT2D eigenvalue weighted by atomic mass is 9.97. The zero-order chi connectivity index (χ0) is 25.5. The molecule has 4 rings (SSSR count). The van der Waals surface area contributed by atoms with Gasteiger partial charge in [0.2, 0.25) is 15.9 Å². The van der Waals surface area contributed by atoms with Crippen molar-refractivity contribution in [3.05, 3.63) is 41.3 Å². The molecule has 2 aliphatic rings. The second-order valence-electron chi connectivity index (χ2n) is 8.99. The number of hydrogen-bond donors (Lipinski definition) is 1. The van der Waals surface area contributed by atoms with E-state index in [1.807, 2.05) is 24.3 Å². The molecule has 10 nitrogen and oxygen atoms in total. The summed E-state index contributed by atoms with van der Waals surface area (Å²) >= 11 is 0. The van der Waals surface area contributed by atoms with E-state index in [9.17, 15) is 13.2 Å². The number of aromatic nitrogens is 1. The van der Waals surface area contributed by atoms with Crippen molar-refractivity contribution in [2.45, 2.75) is 24.7 Å². The van der Waals surface area contributed by atoms with Crippen molar-refractivity contribution in [2.75, 3.05) is 59.6 Å². The Morgan fingerprint density at radius 1 is 1.14 bits per heavy atom. The van der Waals surface area contributed by atoms with Gasteiger partial charge in [0, 0.05) is 45.2 Å². The number of nitrogens with one attached hydrogen (secondary N) is 1. The van der Waals surface area contributed by atoms with E-state index in [0.717, 1.165) is 44.2 Å². The fraction of sp³-hybridized carbons (Fsp3) is 0.520. The molecule has 1 N–H and O–H groups in total. The lowest BCUT2D eigenvalue weighted by Gasteiger charge is -2.31. The quantitative estimate of drug-likeness (QED) is 0.536. The van der Waals surface area contributed by atoms with Gasteiger partial charge in [-0.2, -0.15) is 4.31 Å². The normalized spacial score (nSPS) is 18.5. The summed E-state index contributed by atoms with van der Waals surface area (Å²) < 4.78 is 44.2. The molecule has 2 fully saturated rings. The molecule has 2 aromatic rings. The number of sulfonamides is 1. The van der Waals surface area contributed by atoms with E-state index >= 15 is 0 Å². The van der Waals surface area contributed by atoms with Crippen molar-refractivity contribution in [2.24, 2.45) is 5.92 Å². The van der Waals surface area contributed by atoms with E-state index < -0.39 is 10.0 Å². The maximum Gasteiger partial charge on any atom is 0.248 e. The van der Waals surface area contributed by atoms with Gasteiger partial charge in [-0.1, -0.05) is 23.4 Å². The van der Waals surface area contributed by atoms with Gasteiger partial charge >= 0.3 is 0 Å². The van der Waals surface area contributed by atoms with Crippen LogP contribution >= 0.6 is 0 Å². The number of hydrogen-bond acceptors (Lipinski definition) is 8. The number of piperidine rings is 1. The molecule has 11 heteroatoms. The van der Waals surface area contributed by atoms with E-state index in [4.69, 9.17) is 14.0 Å². The van der Waals surface area contributed by atoms with Crippen LogP contribution in [0.5, 0.6) is 5.75 Å². The Morgan fingerprint density at radius 3 is 2.50 bits per heavy atom. The minimum atomic E-state index is -3.82. The molecule has 0 saturated carbocycles. The average molecular weight is 519 g/mol. The zero-order valence-corrected chi connectivity index (χ0v) is 21.6. The Labute approximate surface area is 212 Å². The first-order valence-corrected chi connectivity index (χ1v) is 13.7. The average Bonchev–Trinajstić information content (AvgIpc) is 3.29. The summed E-state index contributed by atoms with van der Waals surface area (Å²) in [7, 11) is -2.22. The monoisotopic (exact) mass is 518 g/mol. The highest BCUT2D eigenvalue weighted by molar-refractivity contribution is 7.89. The lowest BCUT2D eigenvalue weighted by molar-refractivity contribution is -0.126. The number of morpholine rings is 1. The molecule has 0 spiro atoms. The SMILES string of the molecule is COc1ccc(C=Cc2onc(C)c2S(=O)(=O)N2CCC(C(=O)NCCN3CCOCC3)CC2)cc1. The van der Waals surface area contributed by atoms with Gasteiger partial charge in [-0.15, -0.1) is 0 Å². The third-order valence-corrected chi connectivity index (χ3v) is 8.69. The minimum absolute atomic E-state index is 0.00965. The summed E-state index contributed by atoms with van der Waals surface area (Å²) in [6.45, 7) is 6.76. The fourth-order valence-corrected chi connectivity index (χ4v) is 6.20. The third-order valence-electron chi connectivity index (χ3n) is 6.63. The van der Waals surface area contributed by atoms with Gasteiger partial charge in [0.1, 0.15) is 11.4 Å². The largest absolute Gasteiger partial charge is 0.497 e. The summed E-state index contributed by atoms with van der Waals surface area (Å²) in [5.74, 6) is 0.718. The van der Waals surface area contributed by atoms with Crippen LogP contribution in [0.25, 0.3) is 12.2 Å². The molecular formula is C25H34N4O6S. The summed E-state index contributed by atoms with van der Waals surface area (Å²) in [5, 5.41) is 6.91. The second kappa shape index (κ2) is 12.0. The van der Waals surface area contributed by atoms with Crippen LogP contribution in [0.2, 0.25) is 0 Å². The smallest absolute Gasteiger partial charge is 0.248 e. The first kappa shape index (κ1) is 26.3. The predicted octanol–water partition coefficient (Wildman–Crippen LogP) is 2.01. The van der Waals surface area contributed by atoms with Gasteiger partial charge in [-0.05, 0) is 43.5 Å². The van der Waals surface area contributed by atoms with Crippen molar-refractivity contribution in [3.63, 3.8) is 0 Å². The lowest BCUT2D eigenvalue weighted by Crippen LogP contribution is -2.45. The summed E-state index contributed by atoms with van der Waals surface area (Å²) in [6, 6.07) is 7.38. The number of amides is 1. The van der Waals surface area contributed by atoms with Crippen molar-refractivity contribution < 1.29 is 27.2 Å². The number of aryl methyl sites for hydroxylation is 1. The van der Waals surface area contributed by atoms with Crippen LogP contribution in [-0.2, 0) is 19.6 Å². The van der Waals surface area contributed by atoms with Crippen LogP contribution in [0.15, 0.2) is 33.7 Å². The van der Waals surface area contributed by atoms with Gasteiger partial charge in [-0.3, -0.25) is 9.69 Å². The van der Waals surface area contributed by atoms with Crippen molar-refractivity contribution in [3.8, 4) is 5.75 Å². The van der Waals surface area contributed by atoms with Gasteiger partial charge in [0.25, 0.3) is 0 Å². The number of nitrogens with zero attached hydrogens (tertiary/aromatic N) is 3. The Morgan fingerprint density at radius 2 is 1.83 bits per heavy atom. The van der Waals surface area contributed by atoms with Crippen molar-refractivity contribution >= 4 is 28.1 Å². The Hall–Kier alpha value is -2.73. The summed E-state index contributed by atoms with van der Waals surface area (Å²) in [4.78, 5) is 15.0. The predicted molar refractivity (Wildman–Crippen MR) is 135 cm³/mol. The molecule has 0 radical (unpaired) electrons. The van der Waals surface area contributed by atoms with Crippen LogP contribution in [0.3, 0.4) is 0 Å². The fourth-order valence-electron chi connectivity index (χ4n) is 4.48. The molecule has 196 valence electrons. The molecule has 1 aromatic carbocycles. The van der Waals surface area contributed by atoms with Crippen molar-refractivity contribution in [1.29, 1.82) is 0 Å². The van der Waals surface area contributed by atoms with Gasteiger partial charge < -0.3 is 19.3 Å². The topological polar surface area (TPSA) is 114 Å². The minimum Gasteiger partial charge on any atom is -0.497 e. The number of methoxy groups -OCH3 is 1. The molecule has 1 aromatic heterocycles. The van der Waals surface area contributed by atoms with E-state index in [1.54, 1.807) is 26.2 Å². The van der Waals surface area contributed by atoms with E-state index in [1.165, 1.54) is 4.31 Å². The van der Waals surface area contributed by atoms with Crippen LogP contribution in [0.1, 0.15) is 29.9 Å². The number of benzene rings is 1. The molecule has 2 saturated heterocycles. The Kier molecular flexibility index (Phi) is 8.78. The molecule has 0 unspecified atom stereocenters. The molecule has 2 aliphatic heterocycles. The number of carbonyl (C=O) groups is 1. The van der Waals surface area contributed by atoms with Crippen LogP contribution in [-0.4, -0.2) is 88.3 Å². The molecule has 0 aliphatic carbocycles. The maximum atomic E-state index is 13.5.